The fraction of sp³-hybridized carbons (Fsp3) is 0.619. The zero-order valence-electron chi connectivity index (χ0n) is 17.4. The van der Waals surface area contributed by atoms with Crippen LogP contribution in [0.3, 0.4) is 0 Å². The molecular formula is C21H33N5O3. The quantitative estimate of drug-likeness (QED) is 0.423. The standard InChI is InChI=1S/C21H33N5O3/c1-16(2)12-22-23-13-17-3-5-18(6-4-17)20-11-19(29-24-20)14-25-7-9-26(10-8-25)15-21(27)28/h3-6,13,16,19-20,22,24H,7-12,14-15H2,1-2H3,(H,27,28). The molecule has 29 heavy (non-hydrogen) atoms. The lowest BCUT2D eigenvalue weighted by Crippen LogP contribution is -2.49. The Labute approximate surface area is 172 Å². The number of carboxylic acids is 1. The highest BCUT2D eigenvalue weighted by atomic mass is 16.7. The molecule has 2 aliphatic heterocycles. The Morgan fingerprint density at radius 3 is 2.62 bits per heavy atom. The minimum absolute atomic E-state index is 0.131. The van der Waals surface area contributed by atoms with Crippen LogP contribution in [0, 0.1) is 5.92 Å². The van der Waals surface area contributed by atoms with Crippen molar-refractivity contribution in [1.29, 1.82) is 0 Å². The zero-order valence-corrected chi connectivity index (χ0v) is 17.4. The van der Waals surface area contributed by atoms with Crippen molar-refractivity contribution in [2.45, 2.75) is 32.4 Å². The third kappa shape index (κ3) is 7.08. The highest BCUT2D eigenvalue weighted by molar-refractivity contribution is 5.79. The summed E-state index contributed by atoms with van der Waals surface area (Å²) in [5.74, 6) is -0.182. The monoisotopic (exact) mass is 403 g/mol. The fourth-order valence-corrected chi connectivity index (χ4v) is 3.63. The van der Waals surface area contributed by atoms with Crippen LogP contribution < -0.4 is 10.9 Å². The maximum absolute atomic E-state index is 10.8. The highest BCUT2D eigenvalue weighted by Crippen LogP contribution is 2.26. The molecule has 0 aromatic heterocycles. The van der Waals surface area contributed by atoms with Gasteiger partial charge in [0.25, 0.3) is 0 Å². The largest absolute Gasteiger partial charge is 0.480 e. The highest BCUT2D eigenvalue weighted by Gasteiger charge is 2.29. The molecule has 8 nitrogen and oxygen atoms in total. The van der Waals surface area contributed by atoms with Gasteiger partial charge in [0.05, 0.1) is 24.9 Å². The molecular weight excluding hydrogens is 370 g/mol. The third-order valence-electron chi connectivity index (χ3n) is 5.30. The van der Waals surface area contributed by atoms with Gasteiger partial charge in [-0.05, 0) is 23.5 Å². The van der Waals surface area contributed by atoms with E-state index in [2.05, 4.69) is 59.0 Å². The Morgan fingerprint density at radius 1 is 1.28 bits per heavy atom. The summed E-state index contributed by atoms with van der Waals surface area (Å²) < 4.78 is 0. The summed E-state index contributed by atoms with van der Waals surface area (Å²) in [6.45, 7) is 9.54. The Morgan fingerprint density at radius 2 is 1.97 bits per heavy atom. The van der Waals surface area contributed by atoms with Gasteiger partial charge in [-0.2, -0.15) is 10.6 Å². The SMILES string of the molecule is CC(C)CNN=Cc1ccc(C2CC(CN3CCN(CC(=O)O)CC3)ON2)cc1. The predicted molar refractivity (Wildman–Crippen MR) is 113 cm³/mol. The van der Waals surface area contributed by atoms with Crippen LogP contribution >= 0.6 is 0 Å². The Bertz CT molecular complexity index is 671. The molecule has 2 unspecified atom stereocenters. The second-order valence-corrected chi connectivity index (χ2v) is 8.30. The van der Waals surface area contributed by atoms with E-state index in [1.807, 2.05) is 11.1 Å². The maximum atomic E-state index is 10.8. The van der Waals surface area contributed by atoms with Crippen molar-refractivity contribution < 1.29 is 14.7 Å². The summed E-state index contributed by atoms with van der Waals surface area (Å²) in [5, 5.41) is 13.1. The van der Waals surface area contributed by atoms with Gasteiger partial charge in [0.2, 0.25) is 0 Å². The number of benzene rings is 1. The number of aliphatic carboxylic acids is 1. The second kappa shape index (κ2) is 10.7. The first kappa shape index (κ1) is 21.7. The first-order chi connectivity index (χ1) is 14.0. The van der Waals surface area contributed by atoms with Crippen LogP contribution in [0.4, 0.5) is 0 Å². The lowest BCUT2D eigenvalue weighted by Gasteiger charge is -2.34. The number of hydroxylamine groups is 1. The number of hydrogen-bond acceptors (Lipinski definition) is 7. The van der Waals surface area contributed by atoms with E-state index in [1.165, 1.54) is 5.56 Å². The summed E-state index contributed by atoms with van der Waals surface area (Å²) in [5.41, 5.74) is 8.51. The molecule has 0 spiro atoms. The van der Waals surface area contributed by atoms with Crippen molar-refractivity contribution in [1.82, 2.24) is 20.7 Å². The maximum Gasteiger partial charge on any atom is 0.317 e. The minimum atomic E-state index is -0.756. The molecule has 2 aliphatic rings. The Hall–Kier alpha value is -2.00. The first-order valence-corrected chi connectivity index (χ1v) is 10.4. The van der Waals surface area contributed by atoms with Gasteiger partial charge in [-0.3, -0.25) is 19.4 Å². The van der Waals surface area contributed by atoms with Crippen LogP contribution in [-0.4, -0.2) is 79.0 Å². The molecule has 2 fully saturated rings. The van der Waals surface area contributed by atoms with E-state index < -0.39 is 5.97 Å². The summed E-state index contributed by atoms with van der Waals surface area (Å²) in [6, 6.07) is 8.59. The van der Waals surface area contributed by atoms with Crippen molar-refractivity contribution in [3.63, 3.8) is 0 Å². The predicted octanol–water partition coefficient (Wildman–Crippen LogP) is 1.30. The molecule has 0 radical (unpaired) electrons. The van der Waals surface area contributed by atoms with Gasteiger partial charge in [0, 0.05) is 39.3 Å². The van der Waals surface area contributed by atoms with E-state index in [1.54, 1.807) is 0 Å². The number of nitrogens with zero attached hydrogens (tertiary/aromatic N) is 3. The average Bonchev–Trinajstić information content (AvgIpc) is 3.15. The van der Waals surface area contributed by atoms with Gasteiger partial charge in [-0.15, -0.1) is 0 Å². The number of hydrogen-bond donors (Lipinski definition) is 3. The number of nitrogens with one attached hydrogen (secondary N) is 2. The Balaban J connectivity index is 1.41. The van der Waals surface area contributed by atoms with Crippen molar-refractivity contribution >= 4 is 12.2 Å². The van der Waals surface area contributed by atoms with Gasteiger partial charge in [-0.1, -0.05) is 38.1 Å². The fourth-order valence-electron chi connectivity index (χ4n) is 3.63. The first-order valence-electron chi connectivity index (χ1n) is 10.4. The van der Waals surface area contributed by atoms with Crippen LogP contribution in [0.2, 0.25) is 0 Å². The van der Waals surface area contributed by atoms with Gasteiger partial charge in [0.1, 0.15) is 0 Å². The summed E-state index contributed by atoms with van der Waals surface area (Å²) >= 11 is 0. The van der Waals surface area contributed by atoms with Gasteiger partial charge < -0.3 is 10.5 Å². The van der Waals surface area contributed by atoms with Crippen LogP contribution in [-0.2, 0) is 9.63 Å². The normalized spacial score (nSPS) is 23.8. The minimum Gasteiger partial charge on any atom is -0.480 e. The molecule has 0 saturated carbocycles. The van der Waals surface area contributed by atoms with Crippen molar-refractivity contribution in [3.05, 3.63) is 35.4 Å². The van der Waals surface area contributed by atoms with Crippen molar-refractivity contribution in [3.8, 4) is 0 Å². The Kier molecular flexibility index (Phi) is 8.00. The van der Waals surface area contributed by atoms with E-state index in [4.69, 9.17) is 9.94 Å². The van der Waals surface area contributed by atoms with Crippen LogP contribution in [0.25, 0.3) is 0 Å². The molecule has 8 heteroatoms. The second-order valence-electron chi connectivity index (χ2n) is 8.30. The molecule has 1 aromatic rings. The zero-order chi connectivity index (χ0) is 20.6. The molecule has 0 bridgehead atoms. The molecule has 3 N–H and O–H groups in total. The van der Waals surface area contributed by atoms with E-state index in [0.717, 1.165) is 51.3 Å². The molecule has 2 atom stereocenters. The van der Waals surface area contributed by atoms with Gasteiger partial charge in [0.15, 0.2) is 0 Å². The third-order valence-corrected chi connectivity index (χ3v) is 5.30. The van der Waals surface area contributed by atoms with Crippen LogP contribution in [0.5, 0.6) is 0 Å². The van der Waals surface area contributed by atoms with Gasteiger partial charge in [-0.25, -0.2) is 0 Å². The smallest absolute Gasteiger partial charge is 0.317 e. The average molecular weight is 404 g/mol. The molecule has 1 aromatic carbocycles. The number of piperazine rings is 1. The van der Waals surface area contributed by atoms with Crippen LogP contribution in [0.1, 0.15) is 37.4 Å². The number of hydrazone groups is 1. The lowest BCUT2D eigenvalue weighted by atomic mass is 10.0. The van der Waals surface area contributed by atoms with E-state index in [0.29, 0.717) is 5.92 Å². The molecule has 2 saturated heterocycles. The number of carbonyl (C=O) groups is 1. The topological polar surface area (TPSA) is 89.4 Å². The lowest BCUT2D eigenvalue weighted by molar-refractivity contribution is -0.138. The molecule has 3 rings (SSSR count). The molecule has 0 aliphatic carbocycles. The summed E-state index contributed by atoms with van der Waals surface area (Å²) in [4.78, 5) is 21.0. The van der Waals surface area contributed by atoms with Crippen molar-refractivity contribution in [2.75, 3.05) is 45.8 Å². The molecule has 0 amide bonds. The molecule has 2 heterocycles. The summed E-state index contributed by atoms with van der Waals surface area (Å²) in [6.07, 6.45) is 2.92. The van der Waals surface area contributed by atoms with E-state index >= 15 is 0 Å². The van der Waals surface area contributed by atoms with E-state index in [-0.39, 0.29) is 18.7 Å². The van der Waals surface area contributed by atoms with Gasteiger partial charge >= 0.3 is 5.97 Å². The van der Waals surface area contributed by atoms with E-state index in [9.17, 15) is 4.79 Å². The molecule has 160 valence electrons. The van der Waals surface area contributed by atoms with Crippen LogP contribution in [0.15, 0.2) is 29.4 Å². The number of carboxylic acid groups (broad SMARTS) is 1. The number of rotatable bonds is 9. The van der Waals surface area contributed by atoms with Crippen molar-refractivity contribution in [2.24, 2.45) is 11.0 Å². The summed E-state index contributed by atoms with van der Waals surface area (Å²) in [7, 11) is 0.